The van der Waals surface area contributed by atoms with Gasteiger partial charge in [-0.25, -0.2) is 4.39 Å². The fourth-order valence-corrected chi connectivity index (χ4v) is 1.46. The zero-order valence-corrected chi connectivity index (χ0v) is 8.87. The zero-order chi connectivity index (χ0) is 11.5. The number of benzene rings is 1. The third-order valence-electron chi connectivity index (χ3n) is 2.38. The van der Waals surface area contributed by atoms with E-state index in [0.717, 1.165) is 5.56 Å². The van der Waals surface area contributed by atoms with Gasteiger partial charge in [0.1, 0.15) is 5.82 Å². The number of aromatic amines is 1. The zero-order valence-electron chi connectivity index (χ0n) is 8.87. The molecule has 0 aliphatic carbocycles. The van der Waals surface area contributed by atoms with Gasteiger partial charge in [0.25, 0.3) is 0 Å². The quantitative estimate of drug-likeness (QED) is 0.695. The Balaban J connectivity index is 2.15. The van der Waals surface area contributed by atoms with E-state index in [1.54, 1.807) is 24.5 Å². The first-order chi connectivity index (χ1) is 7.66. The summed E-state index contributed by atoms with van der Waals surface area (Å²) in [6.45, 7) is 1.93. The minimum Gasteiger partial charge on any atom is -0.399 e. The van der Waals surface area contributed by atoms with Gasteiger partial charge in [-0.15, -0.1) is 0 Å². The minimum atomic E-state index is -0.352. The lowest BCUT2D eigenvalue weighted by Crippen LogP contribution is -2.07. The first kappa shape index (κ1) is 10.5. The van der Waals surface area contributed by atoms with E-state index in [-0.39, 0.29) is 11.9 Å². The Morgan fingerprint density at radius 1 is 1.50 bits per heavy atom. The molecule has 0 amide bonds. The summed E-state index contributed by atoms with van der Waals surface area (Å²) in [6, 6.07) is 4.57. The molecule has 1 atom stereocenters. The summed E-state index contributed by atoms with van der Waals surface area (Å²) in [7, 11) is 0. The second-order valence-electron chi connectivity index (χ2n) is 3.64. The average molecular weight is 220 g/mol. The number of halogens is 1. The van der Waals surface area contributed by atoms with E-state index in [4.69, 9.17) is 5.73 Å². The summed E-state index contributed by atoms with van der Waals surface area (Å²) in [5.74, 6) is -0.352. The second kappa shape index (κ2) is 4.22. The molecule has 1 heterocycles. The Labute approximate surface area is 92.7 Å². The summed E-state index contributed by atoms with van der Waals surface area (Å²) in [5, 5.41) is 9.61. The van der Waals surface area contributed by atoms with Crippen molar-refractivity contribution in [2.75, 3.05) is 11.1 Å². The number of rotatable bonds is 3. The topological polar surface area (TPSA) is 66.7 Å². The smallest absolute Gasteiger partial charge is 0.148 e. The number of hydrogen-bond donors (Lipinski definition) is 3. The molecule has 0 aliphatic heterocycles. The molecule has 4 N–H and O–H groups in total. The van der Waals surface area contributed by atoms with Crippen molar-refractivity contribution in [2.24, 2.45) is 0 Å². The first-order valence-electron chi connectivity index (χ1n) is 4.97. The number of nitrogens with zero attached hydrogens (tertiary/aromatic N) is 1. The maximum atomic E-state index is 13.5. The highest BCUT2D eigenvalue weighted by molar-refractivity contribution is 5.53. The maximum absolute atomic E-state index is 13.5. The van der Waals surface area contributed by atoms with Crippen LogP contribution in [0.15, 0.2) is 30.6 Å². The van der Waals surface area contributed by atoms with Crippen molar-refractivity contribution in [1.29, 1.82) is 0 Å². The van der Waals surface area contributed by atoms with Crippen LogP contribution >= 0.6 is 0 Å². The summed E-state index contributed by atoms with van der Waals surface area (Å²) in [4.78, 5) is 0. The Morgan fingerprint density at radius 2 is 2.31 bits per heavy atom. The third kappa shape index (κ3) is 2.13. The fraction of sp³-hybridized carbons (Fsp3) is 0.182. The van der Waals surface area contributed by atoms with E-state index in [1.807, 2.05) is 6.92 Å². The predicted molar refractivity (Wildman–Crippen MR) is 61.4 cm³/mol. The van der Waals surface area contributed by atoms with Crippen LogP contribution in [0.2, 0.25) is 0 Å². The van der Waals surface area contributed by atoms with Gasteiger partial charge in [-0.3, -0.25) is 5.10 Å². The van der Waals surface area contributed by atoms with Crippen molar-refractivity contribution >= 4 is 11.4 Å². The van der Waals surface area contributed by atoms with Gasteiger partial charge in [-0.1, -0.05) is 0 Å². The van der Waals surface area contributed by atoms with E-state index in [0.29, 0.717) is 11.4 Å². The lowest BCUT2D eigenvalue weighted by molar-refractivity contribution is 0.628. The maximum Gasteiger partial charge on any atom is 0.148 e. The summed E-state index contributed by atoms with van der Waals surface area (Å²) < 4.78 is 13.5. The highest BCUT2D eigenvalue weighted by Gasteiger charge is 2.09. The van der Waals surface area contributed by atoms with Crippen LogP contribution in [0.4, 0.5) is 15.8 Å². The Hall–Kier alpha value is -2.04. The number of hydrogen-bond acceptors (Lipinski definition) is 3. The molecule has 1 unspecified atom stereocenters. The third-order valence-corrected chi connectivity index (χ3v) is 2.38. The van der Waals surface area contributed by atoms with Crippen molar-refractivity contribution in [2.45, 2.75) is 13.0 Å². The standard InChI is InChI=1S/C11H13FN4/c1-7(8-5-14-15-6-8)16-11-3-2-9(13)4-10(11)12/h2-7,16H,13H2,1H3,(H,14,15). The molecule has 0 radical (unpaired) electrons. The van der Waals surface area contributed by atoms with Gasteiger partial charge in [-0.2, -0.15) is 5.10 Å². The van der Waals surface area contributed by atoms with Crippen LogP contribution in [-0.2, 0) is 0 Å². The molecule has 0 fully saturated rings. The lowest BCUT2D eigenvalue weighted by Gasteiger charge is -2.14. The van der Waals surface area contributed by atoms with E-state index in [1.165, 1.54) is 6.07 Å². The molecular weight excluding hydrogens is 207 g/mol. The predicted octanol–water partition coefficient (Wildman–Crippen LogP) is 2.30. The average Bonchev–Trinajstić information content (AvgIpc) is 2.75. The summed E-state index contributed by atoms with van der Waals surface area (Å²) >= 11 is 0. The van der Waals surface area contributed by atoms with Gasteiger partial charge in [-0.05, 0) is 25.1 Å². The van der Waals surface area contributed by atoms with Crippen LogP contribution < -0.4 is 11.1 Å². The van der Waals surface area contributed by atoms with Crippen molar-refractivity contribution in [3.8, 4) is 0 Å². The van der Waals surface area contributed by atoms with Gasteiger partial charge in [0.2, 0.25) is 0 Å². The van der Waals surface area contributed by atoms with Crippen molar-refractivity contribution in [3.63, 3.8) is 0 Å². The number of nitrogens with one attached hydrogen (secondary N) is 2. The number of anilines is 2. The van der Waals surface area contributed by atoms with Crippen LogP contribution in [0.5, 0.6) is 0 Å². The molecule has 1 aromatic heterocycles. The molecule has 0 saturated heterocycles. The van der Waals surface area contributed by atoms with Crippen molar-refractivity contribution in [1.82, 2.24) is 10.2 Å². The molecule has 1 aromatic carbocycles. The molecular formula is C11H13FN4. The van der Waals surface area contributed by atoms with Gasteiger partial charge in [0.15, 0.2) is 0 Å². The molecule has 0 spiro atoms. The van der Waals surface area contributed by atoms with Crippen molar-refractivity contribution < 1.29 is 4.39 Å². The largest absolute Gasteiger partial charge is 0.399 e. The van der Waals surface area contributed by atoms with Gasteiger partial charge in [0.05, 0.1) is 17.9 Å². The van der Waals surface area contributed by atoms with Gasteiger partial charge >= 0.3 is 0 Å². The number of nitrogen functional groups attached to an aromatic ring is 1. The van der Waals surface area contributed by atoms with Crippen LogP contribution in [0.1, 0.15) is 18.5 Å². The number of aromatic nitrogens is 2. The van der Waals surface area contributed by atoms with Gasteiger partial charge in [0, 0.05) is 17.4 Å². The SMILES string of the molecule is CC(Nc1ccc(N)cc1F)c1cn[nH]c1. The monoisotopic (exact) mass is 220 g/mol. The molecule has 5 heteroatoms. The van der Waals surface area contributed by atoms with E-state index in [2.05, 4.69) is 15.5 Å². The van der Waals surface area contributed by atoms with E-state index in [9.17, 15) is 4.39 Å². The van der Waals surface area contributed by atoms with Crippen molar-refractivity contribution in [3.05, 3.63) is 42.0 Å². The van der Waals surface area contributed by atoms with Gasteiger partial charge < -0.3 is 11.1 Å². The van der Waals surface area contributed by atoms with E-state index >= 15 is 0 Å². The fourth-order valence-electron chi connectivity index (χ4n) is 1.46. The van der Waals surface area contributed by atoms with Crippen LogP contribution in [0, 0.1) is 5.82 Å². The highest BCUT2D eigenvalue weighted by atomic mass is 19.1. The Morgan fingerprint density at radius 3 is 2.94 bits per heavy atom. The molecule has 2 rings (SSSR count). The molecule has 2 aromatic rings. The molecule has 0 aliphatic rings. The van der Waals surface area contributed by atoms with Crippen LogP contribution in [0.3, 0.4) is 0 Å². The molecule has 84 valence electrons. The highest BCUT2D eigenvalue weighted by Crippen LogP contribution is 2.22. The van der Waals surface area contributed by atoms with Crippen LogP contribution in [0.25, 0.3) is 0 Å². The Kier molecular flexibility index (Phi) is 2.76. The molecule has 0 saturated carbocycles. The molecule has 0 bridgehead atoms. The minimum absolute atomic E-state index is 0.0168. The normalized spacial score (nSPS) is 12.4. The van der Waals surface area contributed by atoms with Crippen LogP contribution in [-0.4, -0.2) is 10.2 Å². The molecule has 16 heavy (non-hydrogen) atoms. The Bertz CT molecular complexity index is 467. The molecule has 4 nitrogen and oxygen atoms in total. The second-order valence-corrected chi connectivity index (χ2v) is 3.64. The summed E-state index contributed by atoms with van der Waals surface area (Å²) in [6.07, 6.45) is 3.47. The summed E-state index contributed by atoms with van der Waals surface area (Å²) in [5.41, 5.74) is 7.29. The van der Waals surface area contributed by atoms with E-state index < -0.39 is 0 Å². The number of nitrogens with two attached hydrogens (primary N) is 1. The lowest BCUT2D eigenvalue weighted by atomic mass is 10.1. The number of H-pyrrole nitrogens is 1. The first-order valence-corrected chi connectivity index (χ1v) is 4.97.